The molecular formula is C27H35FN4O2. The Morgan fingerprint density at radius 3 is 2.38 bits per heavy atom. The van der Waals surface area contributed by atoms with Crippen LogP contribution in [0.2, 0.25) is 0 Å². The molecule has 3 fully saturated rings. The minimum atomic E-state index is -0.233. The SMILES string of the molecule is O=C(Nc1ccc(OC[C@@H]2CCCN3CCCC[C@H]23)cc1)N1CCN(c2ccc(F)cc2)CC1. The minimum absolute atomic E-state index is 0.0907. The number of piperazine rings is 1. The summed E-state index contributed by atoms with van der Waals surface area (Å²) >= 11 is 0. The van der Waals surface area contributed by atoms with Crippen molar-refractivity contribution in [2.24, 2.45) is 5.92 Å². The van der Waals surface area contributed by atoms with Crippen molar-refractivity contribution in [3.05, 3.63) is 54.3 Å². The molecule has 1 N–H and O–H groups in total. The molecule has 3 aliphatic rings. The third-order valence-corrected chi connectivity index (χ3v) is 7.56. The maximum Gasteiger partial charge on any atom is 0.321 e. The zero-order chi connectivity index (χ0) is 23.3. The summed E-state index contributed by atoms with van der Waals surface area (Å²) < 4.78 is 19.3. The molecular weight excluding hydrogens is 431 g/mol. The van der Waals surface area contributed by atoms with Gasteiger partial charge in [0.05, 0.1) is 6.61 Å². The van der Waals surface area contributed by atoms with Crippen molar-refractivity contribution in [2.45, 2.75) is 38.1 Å². The topological polar surface area (TPSA) is 48.1 Å². The van der Waals surface area contributed by atoms with Crippen LogP contribution >= 0.6 is 0 Å². The van der Waals surface area contributed by atoms with Crippen LogP contribution in [0, 0.1) is 11.7 Å². The second kappa shape index (κ2) is 10.6. The fourth-order valence-corrected chi connectivity index (χ4v) is 5.63. The molecule has 0 aliphatic carbocycles. The summed E-state index contributed by atoms with van der Waals surface area (Å²) in [5.74, 6) is 1.24. The second-order valence-electron chi connectivity index (χ2n) is 9.72. The van der Waals surface area contributed by atoms with E-state index in [0.717, 1.165) is 36.8 Å². The van der Waals surface area contributed by atoms with Gasteiger partial charge in [-0.05, 0) is 87.3 Å². The van der Waals surface area contributed by atoms with Crippen LogP contribution in [0.1, 0.15) is 32.1 Å². The number of hydrogen-bond acceptors (Lipinski definition) is 4. The zero-order valence-electron chi connectivity index (χ0n) is 19.8. The van der Waals surface area contributed by atoms with Crippen molar-refractivity contribution in [1.82, 2.24) is 9.80 Å². The largest absolute Gasteiger partial charge is 0.493 e. The molecule has 7 heteroatoms. The summed E-state index contributed by atoms with van der Waals surface area (Å²) in [5.41, 5.74) is 1.76. The molecule has 6 nitrogen and oxygen atoms in total. The molecule has 0 saturated carbocycles. The quantitative estimate of drug-likeness (QED) is 0.686. The van der Waals surface area contributed by atoms with E-state index in [-0.39, 0.29) is 11.8 Å². The zero-order valence-corrected chi connectivity index (χ0v) is 19.8. The summed E-state index contributed by atoms with van der Waals surface area (Å²) in [6, 6.07) is 14.8. The van der Waals surface area contributed by atoms with Crippen molar-refractivity contribution in [2.75, 3.05) is 56.1 Å². The number of urea groups is 1. The second-order valence-corrected chi connectivity index (χ2v) is 9.72. The van der Waals surface area contributed by atoms with Gasteiger partial charge in [0.1, 0.15) is 11.6 Å². The fourth-order valence-electron chi connectivity index (χ4n) is 5.63. The first-order chi connectivity index (χ1) is 16.7. The lowest BCUT2D eigenvalue weighted by Gasteiger charge is -2.44. The number of ether oxygens (including phenoxy) is 1. The van der Waals surface area contributed by atoms with Crippen molar-refractivity contribution in [3.8, 4) is 5.75 Å². The van der Waals surface area contributed by atoms with Gasteiger partial charge >= 0.3 is 6.03 Å². The van der Waals surface area contributed by atoms with Crippen molar-refractivity contribution >= 4 is 17.4 Å². The standard InChI is InChI=1S/C27H35FN4O2/c28-22-6-10-24(11-7-22)30-16-18-32(19-17-30)27(33)29-23-8-12-25(13-9-23)34-20-21-4-3-15-31-14-2-1-5-26(21)31/h6-13,21,26H,1-5,14-20H2,(H,29,33)/t21-,26+/m0/s1. The Kier molecular flexibility index (Phi) is 7.19. The van der Waals surface area contributed by atoms with Crippen LogP contribution in [0.25, 0.3) is 0 Å². The van der Waals surface area contributed by atoms with Crippen LogP contribution in [0.15, 0.2) is 48.5 Å². The van der Waals surface area contributed by atoms with Gasteiger partial charge in [-0.25, -0.2) is 9.18 Å². The predicted molar refractivity (Wildman–Crippen MR) is 133 cm³/mol. The van der Waals surface area contributed by atoms with Gasteiger partial charge in [-0.1, -0.05) is 6.42 Å². The van der Waals surface area contributed by atoms with E-state index in [1.165, 1.54) is 57.3 Å². The molecule has 2 aromatic rings. The average Bonchev–Trinajstić information content (AvgIpc) is 2.89. The van der Waals surface area contributed by atoms with Crippen LogP contribution in [-0.2, 0) is 0 Å². The molecule has 2 amide bonds. The number of hydrogen-bond donors (Lipinski definition) is 1. The van der Waals surface area contributed by atoms with E-state index >= 15 is 0 Å². The number of fused-ring (bicyclic) bond motifs is 1. The first kappa shape index (κ1) is 23.0. The fraction of sp³-hybridized carbons (Fsp3) is 0.519. The van der Waals surface area contributed by atoms with E-state index < -0.39 is 0 Å². The number of benzene rings is 2. The van der Waals surface area contributed by atoms with Crippen LogP contribution in [0.4, 0.5) is 20.6 Å². The summed E-state index contributed by atoms with van der Waals surface area (Å²) in [7, 11) is 0. The van der Waals surface area contributed by atoms with Crippen molar-refractivity contribution in [3.63, 3.8) is 0 Å². The monoisotopic (exact) mass is 466 g/mol. The summed E-state index contributed by atoms with van der Waals surface area (Å²) in [6.45, 7) is 5.98. The van der Waals surface area contributed by atoms with Gasteiger partial charge in [0.2, 0.25) is 0 Å². The molecule has 2 atom stereocenters. The molecule has 3 aliphatic heterocycles. The minimum Gasteiger partial charge on any atom is -0.493 e. The van der Waals surface area contributed by atoms with Crippen molar-refractivity contribution < 1.29 is 13.9 Å². The molecule has 0 bridgehead atoms. The normalized spacial score (nSPS) is 23.3. The van der Waals surface area contributed by atoms with Crippen molar-refractivity contribution in [1.29, 1.82) is 0 Å². The smallest absolute Gasteiger partial charge is 0.321 e. The molecule has 2 aromatic carbocycles. The lowest BCUT2D eigenvalue weighted by molar-refractivity contribution is 0.0366. The van der Waals surface area contributed by atoms with Gasteiger partial charge in [-0.2, -0.15) is 0 Å². The molecule has 0 unspecified atom stereocenters. The molecule has 182 valence electrons. The highest BCUT2D eigenvalue weighted by atomic mass is 19.1. The number of halogens is 1. The average molecular weight is 467 g/mol. The Balaban J connectivity index is 1.08. The number of rotatable bonds is 5. The Morgan fingerprint density at radius 2 is 1.62 bits per heavy atom. The summed E-state index contributed by atoms with van der Waals surface area (Å²) in [4.78, 5) is 19.4. The predicted octanol–water partition coefficient (Wildman–Crippen LogP) is 4.82. The third kappa shape index (κ3) is 5.46. The maximum absolute atomic E-state index is 13.2. The van der Waals surface area contributed by atoms with Gasteiger partial charge in [0.25, 0.3) is 0 Å². The third-order valence-electron chi connectivity index (χ3n) is 7.56. The molecule has 34 heavy (non-hydrogen) atoms. The molecule has 0 radical (unpaired) electrons. The highest BCUT2D eigenvalue weighted by molar-refractivity contribution is 5.89. The first-order valence-electron chi connectivity index (χ1n) is 12.7. The number of anilines is 2. The Bertz CT molecular complexity index is 942. The van der Waals surface area contributed by atoms with Crippen LogP contribution in [0.5, 0.6) is 5.75 Å². The molecule has 5 rings (SSSR count). The van der Waals surface area contributed by atoms with Crippen LogP contribution in [-0.4, -0.2) is 67.7 Å². The Morgan fingerprint density at radius 1 is 0.882 bits per heavy atom. The van der Waals surface area contributed by atoms with Gasteiger partial charge in [-0.3, -0.25) is 4.90 Å². The van der Waals surface area contributed by atoms with E-state index in [0.29, 0.717) is 25.0 Å². The number of piperidine rings is 2. The number of nitrogens with one attached hydrogen (secondary N) is 1. The van der Waals surface area contributed by atoms with E-state index in [1.54, 1.807) is 12.1 Å². The summed E-state index contributed by atoms with van der Waals surface area (Å²) in [5, 5.41) is 3.00. The van der Waals surface area contributed by atoms with Crippen LogP contribution in [0.3, 0.4) is 0 Å². The molecule has 0 spiro atoms. The van der Waals surface area contributed by atoms with E-state index in [9.17, 15) is 9.18 Å². The highest BCUT2D eigenvalue weighted by Gasteiger charge is 2.33. The first-order valence-corrected chi connectivity index (χ1v) is 12.7. The lowest BCUT2D eigenvalue weighted by atomic mass is 9.84. The van der Waals surface area contributed by atoms with E-state index in [4.69, 9.17) is 4.74 Å². The lowest BCUT2D eigenvalue weighted by Crippen LogP contribution is -2.50. The number of nitrogens with zero attached hydrogens (tertiary/aromatic N) is 3. The van der Waals surface area contributed by atoms with Gasteiger partial charge < -0.3 is 19.9 Å². The van der Waals surface area contributed by atoms with Crippen LogP contribution < -0.4 is 15.0 Å². The number of carbonyl (C=O) groups excluding carboxylic acids is 1. The molecule has 0 aromatic heterocycles. The number of amides is 2. The Labute approximate surface area is 201 Å². The van der Waals surface area contributed by atoms with Gasteiger partial charge in [-0.15, -0.1) is 0 Å². The van der Waals surface area contributed by atoms with E-state index in [2.05, 4.69) is 15.1 Å². The molecule has 3 heterocycles. The Hall–Kier alpha value is -2.80. The number of carbonyl (C=O) groups is 1. The van der Waals surface area contributed by atoms with Gasteiger partial charge in [0.15, 0.2) is 0 Å². The summed E-state index contributed by atoms with van der Waals surface area (Å²) in [6.07, 6.45) is 6.50. The molecule has 3 saturated heterocycles. The van der Waals surface area contributed by atoms with Gasteiger partial charge in [0, 0.05) is 49.5 Å². The van der Waals surface area contributed by atoms with E-state index in [1.807, 2.05) is 29.2 Å². The maximum atomic E-state index is 13.2. The highest BCUT2D eigenvalue weighted by Crippen LogP contribution is 2.31.